The lowest BCUT2D eigenvalue weighted by molar-refractivity contribution is -0.137. The van der Waals surface area contributed by atoms with Gasteiger partial charge in [-0.3, -0.25) is 0 Å². The zero-order valence-corrected chi connectivity index (χ0v) is 21.6. The van der Waals surface area contributed by atoms with Crippen LogP contribution in [-0.2, 0) is 6.18 Å². The first kappa shape index (κ1) is 25.0. The minimum atomic E-state index is -4.63. The number of hydrogen-bond acceptors (Lipinski definition) is 4. The van der Waals surface area contributed by atoms with E-state index < -0.39 is 18.2 Å². The number of anilines is 1. The fourth-order valence-corrected chi connectivity index (χ4v) is 6.95. The highest BCUT2D eigenvalue weighted by Gasteiger charge is 2.43. The first-order valence-corrected chi connectivity index (χ1v) is 13.2. The third kappa shape index (κ3) is 4.19. The summed E-state index contributed by atoms with van der Waals surface area (Å²) in [6.45, 7) is 5.69. The molecule has 198 valence electrons. The van der Waals surface area contributed by atoms with Gasteiger partial charge < -0.3 is 4.90 Å². The Morgan fingerprint density at radius 1 is 1.05 bits per heavy atom. The summed E-state index contributed by atoms with van der Waals surface area (Å²) in [6, 6.07) is 9.22. The highest BCUT2D eigenvalue weighted by molar-refractivity contribution is 7.22. The number of nitrogens with zero attached hydrogens (tertiary/aromatic N) is 4. The molecule has 0 bridgehead atoms. The summed E-state index contributed by atoms with van der Waals surface area (Å²) in [5.74, 6) is 0. The predicted octanol–water partition coefficient (Wildman–Crippen LogP) is 8.13. The molecule has 10 heteroatoms. The normalized spacial score (nSPS) is 17.4. The van der Waals surface area contributed by atoms with Crippen LogP contribution in [0.15, 0.2) is 48.7 Å². The van der Waals surface area contributed by atoms with Gasteiger partial charge in [-0.2, -0.15) is 18.3 Å². The maximum Gasteiger partial charge on any atom is 0.418 e. The number of fused-ring (bicyclic) bond motifs is 1. The van der Waals surface area contributed by atoms with Gasteiger partial charge in [0.1, 0.15) is 0 Å². The molecular weight excluding hydrogens is 519 g/mol. The van der Waals surface area contributed by atoms with E-state index in [1.807, 2.05) is 6.08 Å². The second kappa shape index (κ2) is 8.90. The highest BCUT2D eigenvalue weighted by atomic mass is 32.1. The molecule has 1 spiro atoms. The number of benzene rings is 2. The van der Waals surface area contributed by atoms with E-state index in [4.69, 9.17) is 4.98 Å². The smallest absolute Gasteiger partial charge is 0.348 e. The van der Waals surface area contributed by atoms with Crippen LogP contribution >= 0.6 is 11.3 Å². The second-order valence-corrected chi connectivity index (χ2v) is 11.3. The van der Waals surface area contributed by atoms with Crippen LogP contribution in [0.3, 0.4) is 0 Å². The molecular formula is C28H25F5N4S. The summed E-state index contributed by atoms with van der Waals surface area (Å²) >= 11 is 1.68. The van der Waals surface area contributed by atoms with Crippen molar-refractivity contribution in [3.05, 3.63) is 76.6 Å². The Bertz CT molecular complexity index is 1560. The molecule has 4 nitrogen and oxygen atoms in total. The summed E-state index contributed by atoms with van der Waals surface area (Å²) in [7, 11) is 0. The fourth-order valence-electron chi connectivity index (χ4n) is 5.75. The minimum absolute atomic E-state index is 0.0711. The first-order chi connectivity index (χ1) is 18.0. The van der Waals surface area contributed by atoms with Crippen LogP contribution in [0.2, 0.25) is 0 Å². The van der Waals surface area contributed by atoms with E-state index >= 15 is 0 Å². The largest absolute Gasteiger partial charge is 0.418 e. The van der Waals surface area contributed by atoms with Gasteiger partial charge in [-0.25, -0.2) is 18.4 Å². The Kier molecular flexibility index (Phi) is 5.86. The van der Waals surface area contributed by atoms with Gasteiger partial charge in [-0.15, -0.1) is 0 Å². The average molecular weight is 545 g/mol. The molecule has 2 aromatic carbocycles. The molecule has 0 atom stereocenters. The molecule has 0 N–H and O–H groups in total. The van der Waals surface area contributed by atoms with Gasteiger partial charge in [0.25, 0.3) is 6.43 Å². The number of allylic oxidation sites excluding steroid dienone is 2. The van der Waals surface area contributed by atoms with Crippen molar-refractivity contribution in [2.45, 2.75) is 45.7 Å². The summed E-state index contributed by atoms with van der Waals surface area (Å²) < 4.78 is 71.1. The minimum Gasteiger partial charge on any atom is -0.348 e. The Morgan fingerprint density at radius 2 is 1.76 bits per heavy atom. The maximum absolute atomic E-state index is 13.9. The van der Waals surface area contributed by atoms with E-state index in [0.717, 1.165) is 63.8 Å². The van der Waals surface area contributed by atoms with Crippen molar-refractivity contribution in [1.82, 2.24) is 14.8 Å². The topological polar surface area (TPSA) is 34.0 Å². The van der Waals surface area contributed by atoms with E-state index in [0.29, 0.717) is 12.0 Å². The molecule has 4 aromatic rings. The summed E-state index contributed by atoms with van der Waals surface area (Å²) in [4.78, 5) is 7.14. The second-order valence-electron chi connectivity index (χ2n) is 10.3. The third-order valence-electron chi connectivity index (χ3n) is 7.65. The zero-order chi connectivity index (χ0) is 26.8. The number of rotatable bonds is 4. The van der Waals surface area contributed by atoms with Crippen LogP contribution in [0.1, 0.15) is 53.6 Å². The molecule has 1 saturated heterocycles. The number of thiazole rings is 1. The van der Waals surface area contributed by atoms with Gasteiger partial charge in [0.15, 0.2) is 5.13 Å². The quantitative estimate of drug-likeness (QED) is 0.243. The monoisotopic (exact) mass is 544 g/mol. The number of alkyl halides is 5. The van der Waals surface area contributed by atoms with Crippen molar-refractivity contribution < 1.29 is 22.0 Å². The Labute approximate surface area is 220 Å². The lowest BCUT2D eigenvalue weighted by Gasteiger charge is -2.46. The fraction of sp³-hybridized carbons (Fsp3) is 0.357. The van der Waals surface area contributed by atoms with Gasteiger partial charge in [-0.1, -0.05) is 35.6 Å². The number of aryl methyl sites for hydroxylation is 2. The van der Waals surface area contributed by atoms with Crippen molar-refractivity contribution in [3.63, 3.8) is 0 Å². The molecule has 3 heterocycles. The number of para-hydroxylation sites is 1. The van der Waals surface area contributed by atoms with Crippen molar-refractivity contribution >= 4 is 32.3 Å². The van der Waals surface area contributed by atoms with Crippen molar-refractivity contribution in [2.24, 2.45) is 5.41 Å². The number of piperidine rings is 1. The number of aromatic nitrogens is 3. The van der Waals surface area contributed by atoms with Crippen LogP contribution in [0.5, 0.6) is 0 Å². The van der Waals surface area contributed by atoms with Crippen molar-refractivity contribution in [1.29, 1.82) is 0 Å². The highest BCUT2D eigenvalue weighted by Crippen LogP contribution is 2.53. The molecule has 0 saturated carbocycles. The molecule has 0 unspecified atom stereocenters. The van der Waals surface area contributed by atoms with Crippen LogP contribution < -0.4 is 4.90 Å². The Hall–Kier alpha value is -3.27. The standard InChI is InChI=1S/C28H25F5N4S/c1-16-11-17(2)23-22(12-16)38-26(35-23)36-9-7-27(8-10-36)13-18(14-27)24-19(25(29)30)15-34-37(24)21-6-4-3-5-20(21)28(31,32)33/h3-6,11-13,15,25H,7-10,14H2,1-2H3. The average Bonchev–Trinajstić information content (AvgIpc) is 3.47. The van der Waals surface area contributed by atoms with Crippen molar-refractivity contribution in [2.75, 3.05) is 18.0 Å². The van der Waals surface area contributed by atoms with Gasteiger partial charge in [0, 0.05) is 13.1 Å². The molecule has 1 aliphatic heterocycles. The molecule has 2 aliphatic rings. The van der Waals surface area contributed by atoms with Crippen LogP contribution in [0.4, 0.5) is 27.1 Å². The number of halogens is 5. The van der Waals surface area contributed by atoms with Crippen molar-refractivity contribution in [3.8, 4) is 5.69 Å². The third-order valence-corrected chi connectivity index (χ3v) is 8.71. The maximum atomic E-state index is 13.9. The summed E-state index contributed by atoms with van der Waals surface area (Å²) in [5.41, 5.74) is 2.41. The van der Waals surface area contributed by atoms with E-state index in [1.54, 1.807) is 11.3 Å². The zero-order valence-electron chi connectivity index (χ0n) is 20.8. The molecule has 6 rings (SSSR count). The molecule has 0 radical (unpaired) electrons. The molecule has 1 aliphatic carbocycles. The van der Waals surface area contributed by atoms with Crippen LogP contribution in [-0.4, -0.2) is 27.9 Å². The van der Waals surface area contributed by atoms with Crippen LogP contribution in [0.25, 0.3) is 21.5 Å². The number of hydrogen-bond donors (Lipinski definition) is 0. The van der Waals surface area contributed by atoms with Gasteiger partial charge in [-0.05, 0) is 73.4 Å². The summed E-state index contributed by atoms with van der Waals surface area (Å²) in [6.07, 6.45) is -2.35. The lowest BCUT2D eigenvalue weighted by Crippen LogP contribution is -2.42. The first-order valence-electron chi connectivity index (χ1n) is 12.4. The summed E-state index contributed by atoms with van der Waals surface area (Å²) in [5, 5.41) is 4.97. The van der Waals surface area contributed by atoms with Gasteiger partial charge in [0.05, 0.1) is 38.9 Å². The SMILES string of the molecule is Cc1cc(C)c2nc(N3CCC4(C=C(c5c(C(F)F)cnn5-c5ccccc5C(F)(F)F)C4)CC3)sc2c1. The molecule has 1 fully saturated rings. The van der Waals surface area contributed by atoms with Gasteiger partial charge >= 0.3 is 6.18 Å². The van der Waals surface area contributed by atoms with Gasteiger partial charge in [0.2, 0.25) is 0 Å². The Balaban J connectivity index is 1.27. The van der Waals surface area contributed by atoms with Crippen LogP contribution in [0, 0.1) is 19.3 Å². The molecule has 0 amide bonds. The van der Waals surface area contributed by atoms with E-state index in [1.165, 1.54) is 23.8 Å². The molecule has 2 aromatic heterocycles. The lowest BCUT2D eigenvalue weighted by atomic mass is 9.64. The van der Waals surface area contributed by atoms with E-state index in [2.05, 4.69) is 36.0 Å². The van der Waals surface area contributed by atoms with E-state index in [9.17, 15) is 22.0 Å². The Morgan fingerprint density at radius 3 is 2.45 bits per heavy atom. The molecule has 38 heavy (non-hydrogen) atoms. The predicted molar refractivity (Wildman–Crippen MR) is 139 cm³/mol. The van der Waals surface area contributed by atoms with E-state index in [-0.39, 0.29) is 22.4 Å².